The zero-order chi connectivity index (χ0) is 46.2. The van der Waals surface area contributed by atoms with Crippen molar-refractivity contribution in [3.05, 3.63) is 84.2 Å². The second-order valence-corrected chi connectivity index (χ2v) is 17.4. The lowest BCUT2D eigenvalue weighted by atomic mass is 10.1. The third kappa shape index (κ3) is 18.2. The van der Waals surface area contributed by atoms with Crippen LogP contribution in [0.1, 0.15) is 114 Å². The summed E-state index contributed by atoms with van der Waals surface area (Å²) in [6, 6.07) is 16.8. The van der Waals surface area contributed by atoms with E-state index in [9.17, 15) is 38.4 Å². The highest BCUT2D eigenvalue weighted by Gasteiger charge is 2.38. The minimum Gasteiger partial charge on any atom is -0.354 e. The SMILES string of the molecule is O=C(CCCCCN1C(=O)CC(Sc2ccc(CONC(=O)CCCCCCC(=O)Nc3ccccc3)cc2)C1=O)CCc1cn(CCCCCC(=O)NCCN2C(=O)C=CC2=O)nn1. The van der Waals surface area contributed by atoms with Crippen LogP contribution in [0.15, 0.2) is 77.8 Å². The highest BCUT2D eigenvalue weighted by atomic mass is 32.2. The zero-order valence-corrected chi connectivity index (χ0v) is 37.7. The van der Waals surface area contributed by atoms with Crippen molar-refractivity contribution in [2.45, 2.75) is 132 Å². The predicted molar refractivity (Wildman–Crippen MR) is 242 cm³/mol. The fourth-order valence-electron chi connectivity index (χ4n) is 7.24. The van der Waals surface area contributed by atoms with E-state index < -0.39 is 5.25 Å². The molecular weight excluding hydrogens is 853 g/mol. The van der Waals surface area contributed by atoms with Gasteiger partial charge in [0.2, 0.25) is 29.5 Å². The van der Waals surface area contributed by atoms with Gasteiger partial charge in [0.15, 0.2) is 0 Å². The van der Waals surface area contributed by atoms with Crippen LogP contribution in [0.3, 0.4) is 0 Å². The number of para-hydroxylation sites is 1. The minimum atomic E-state index is -0.493. The van der Waals surface area contributed by atoms with Crippen molar-refractivity contribution in [2.24, 2.45) is 0 Å². The van der Waals surface area contributed by atoms with Crippen LogP contribution in [0.25, 0.3) is 0 Å². The number of ketones is 1. The summed E-state index contributed by atoms with van der Waals surface area (Å²) in [5.41, 5.74) is 4.85. The maximum Gasteiger partial charge on any atom is 0.253 e. The van der Waals surface area contributed by atoms with Gasteiger partial charge in [-0.15, -0.1) is 16.9 Å². The third-order valence-corrected chi connectivity index (χ3v) is 12.1. The van der Waals surface area contributed by atoms with E-state index in [1.165, 1.54) is 28.8 Å². The minimum absolute atomic E-state index is 0.0154. The molecule has 2 aliphatic heterocycles. The number of amides is 7. The summed E-state index contributed by atoms with van der Waals surface area (Å²) in [6.07, 6.45) is 14.3. The van der Waals surface area contributed by atoms with Gasteiger partial charge in [-0.25, -0.2) is 5.48 Å². The number of carbonyl (C=O) groups excluding carboxylic acids is 8. The molecular formula is C47H60N8O9S. The molecule has 1 unspecified atom stereocenters. The highest BCUT2D eigenvalue weighted by Crippen LogP contribution is 2.32. The number of rotatable bonds is 31. The van der Waals surface area contributed by atoms with E-state index in [0.717, 1.165) is 65.3 Å². The molecule has 65 heavy (non-hydrogen) atoms. The third-order valence-electron chi connectivity index (χ3n) is 10.9. The van der Waals surface area contributed by atoms with Gasteiger partial charge >= 0.3 is 0 Å². The maximum atomic E-state index is 13.1. The Morgan fingerprint density at radius 2 is 1.32 bits per heavy atom. The first-order valence-corrected chi connectivity index (χ1v) is 23.5. The zero-order valence-electron chi connectivity index (χ0n) is 36.9. The number of aromatic nitrogens is 3. The molecule has 1 aromatic heterocycles. The van der Waals surface area contributed by atoms with Crippen LogP contribution in [0.5, 0.6) is 0 Å². The van der Waals surface area contributed by atoms with Crippen LogP contribution in [-0.2, 0) is 62.8 Å². The molecule has 17 nitrogen and oxygen atoms in total. The molecule has 2 aliphatic rings. The second-order valence-electron chi connectivity index (χ2n) is 16.1. The van der Waals surface area contributed by atoms with Gasteiger partial charge in [0.05, 0.1) is 17.6 Å². The number of likely N-dealkylation sites (tertiary alicyclic amines) is 1. The number of Topliss-reactive ketones (excluding diaryl/α,β-unsaturated/α-hetero) is 1. The number of nitrogens with zero attached hydrogens (tertiary/aromatic N) is 5. The maximum absolute atomic E-state index is 13.1. The summed E-state index contributed by atoms with van der Waals surface area (Å²) in [6.45, 7) is 1.53. The van der Waals surface area contributed by atoms with Gasteiger partial charge in [0.25, 0.3) is 11.8 Å². The average molecular weight is 913 g/mol. The molecule has 0 bridgehead atoms. The van der Waals surface area contributed by atoms with E-state index in [0.29, 0.717) is 77.3 Å². The molecule has 3 heterocycles. The van der Waals surface area contributed by atoms with Gasteiger partial charge < -0.3 is 10.6 Å². The molecule has 0 aliphatic carbocycles. The van der Waals surface area contributed by atoms with Crippen LogP contribution in [0.4, 0.5) is 5.69 Å². The first kappa shape index (κ1) is 50.0. The molecule has 3 aromatic rings. The van der Waals surface area contributed by atoms with E-state index >= 15 is 0 Å². The van der Waals surface area contributed by atoms with Gasteiger partial charge in [0, 0.05) is 93.6 Å². The van der Waals surface area contributed by atoms with Crippen LogP contribution < -0.4 is 16.1 Å². The number of hydrogen-bond acceptors (Lipinski definition) is 12. The molecule has 0 radical (unpaired) electrons. The topological polar surface area (TPSA) is 219 Å². The number of hydrogen-bond donors (Lipinski definition) is 3. The Balaban J connectivity index is 0.838. The Bertz CT molecular complexity index is 2090. The lowest BCUT2D eigenvalue weighted by molar-refractivity contribution is -0.139. The summed E-state index contributed by atoms with van der Waals surface area (Å²) in [5, 5.41) is 13.4. The van der Waals surface area contributed by atoms with Crippen molar-refractivity contribution in [2.75, 3.05) is 25.0 Å². The van der Waals surface area contributed by atoms with Crippen molar-refractivity contribution in [1.82, 2.24) is 35.6 Å². The number of hydroxylamine groups is 1. The largest absolute Gasteiger partial charge is 0.354 e. The molecule has 0 spiro atoms. The molecule has 1 atom stereocenters. The van der Waals surface area contributed by atoms with E-state index in [4.69, 9.17) is 4.84 Å². The summed E-state index contributed by atoms with van der Waals surface area (Å²) < 4.78 is 1.74. The number of anilines is 1. The summed E-state index contributed by atoms with van der Waals surface area (Å²) in [4.78, 5) is 106. The number of thioether (sulfide) groups is 1. The summed E-state index contributed by atoms with van der Waals surface area (Å²) in [5.74, 6) is -1.33. The Morgan fingerprint density at radius 1 is 0.677 bits per heavy atom. The number of unbranched alkanes of at least 4 members (excludes halogenated alkanes) is 7. The fraction of sp³-hybridized carbons (Fsp3) is 0.489. The molecule has 1 fully saturated rings. The molecule has 1 saturated heterocycles. The van der Waals surface area contributed by atoms with Crippen LogP contribution >= 0.6 is 11.8 Å². The lowest BCUT2D eigenvalue weighted by Crippen LogP contribution is -2.38. The van der Waals surface area contributed by atoms with Crippen LogP contribution in [0, 0.1) is 0 Å². The molecule has 0 saturated carbocycles. The van der Waals surface area contributed by atoms with Crippen molar-refractivity contribution in [1.29, 1.82) is 0 Å². The monoisotopic (exact) mass is 912 g/mol. The van der Waals surface area contributed by atoms with Crippen LogP contribution in [-0.4, -0.2) is 96.8 Å². The van der Waals surface area contributed by atoms with Gasteiger partial charge in [-0.2, -0.15) is 0 Å². The van der Waals surface area contributed by atoms with Gasteiger partial charge in [-0.3, -0.25) is 57.7 Å². The normalized spacial score (nSPS) is 14.7. The van der Waals surface area contributed by atoms with Crippen molar-refractivity contribution in [3.63, 3.8) is 0 Å². The predicted octanol–water partition coefficient (Wildman–Crippen LogP) is 5.39. The van der Waals surface area contributed by atoms with Crippen LogP contribution in [0.2, 0.25) is 0 Å². The Kier molecular flexibility index (Phi) is 21.0. The van der Waals surface area contributed by atoms with Gasteiger partial charge in [0.1, 0.15) is 5.78 Å². The molecule has 18 heteroatoms. The summed E-state index contributed by atoms with van der Waals surface area (Å²) in [7, 11) is 0. The first-order valence-electron chi connectivity index (χ1n) is 22.6. The Labute approximate surface area is 383 Å². The quantitative estimate of drug-likeness (QED) is 0.0421. The van der Waals surface area contributed by atoms with Crippen molar-refractivity contribution >= 4 is 64.6 Å². The van der Waals surface area contributed by atoms with E-state index in [2.05, 4.69) is 26.4 Å². The molecule has 7 amide bonds. The Morgan fingerprint density at radius 3 is 2.05 bits per heavy atom. The van der Waals surface area contributed by atoms with Gasteiger partial charge in [-0.1, -0.05) is 61.2 Å². The Hall–Kier alpha value is -6.01. The number of nitrogens with one attached hydrogen (secondary N) is 3. The van der Waals surface area contributed by atoms with Crippen molar-refractivity contribution in [3.8, 4) is 0 Å². The molecule has 5 rings (SSSR count). The van der Waals surface area contributed by atoms with E-state index in [-0.39, 0.29) is 73.3 Å². The molecule has 3 N–H and O–H groups in total. The number of carbonyl (C=O) groups is 8. The summed E-state index contributed by atoms with van der Waals surface area (Å²) >= 11 is 1.35. The number of benzene rings is 2. The molecule has 348 valence electrons. The van der Waals surface area contributed by atoms with Gasteiger partial charge in [-0.05, 0) is 74.8 Å². The standard InChI is InChI=1S/C47H60N8O9S/c56-38(23-22-37-33-53(52-50-37)29-12-5-11-17-41(57)48-28-31-54-44(60)26-27-45(54)61)16-8-4-13-30-55-46(62)32-40(47(55)63)65-39-24-20-35(21-25-39)34-64-51-43(59)19-10-2-1-9-18-42(58)49-36-14-6-3-7-15-36/h3,6-7,14-15,20-21,24-27,33,40H,1-2,4-5,8-13,16-19,22-23,28-32,34H2,(H,48,57)(H,49,58)(H,51,59). The smallest absolute Gasteiger partial charge is 0.253 e. The number of imide groups is 2. The van der Waals surface area contributed by atoms with Crippen molar-refractivity contribution < 1.29 is 43.2 Å². The second kappa shape index (κ2) is 27.3. The average Bonchev–Trinajstić information content (AvgIpc) is 3.97. The fourth-order valence-corrected chi connectivity index (χ4v) is 8.31. The van der Waals surface area contributed by atoms with E-state index in [1.54, 1.807) is 4.68 Å². The first-order chi connectivity index (χ1) is 31.5. The van der Waals surface area contributed by atoms with E-state index in [1.807, 2.05) is 60.8 Å². The lowest BCUT2D eigenvalue weighted by Gasteiger charge is -2.14. The molecule has 2 aromatic carbocycles. The number of aryl methyl sites for hydroxylation is 2. The highest BCUT2D eigenvalue weighted by molar-refractivity contribution is 8.00.